The van der Waals surface area contributed by atoms with E-state index < -0.39 is 11.4 Å². The van der Waals surface area contributed by atoms with Crippen LogP contribution in [0, 0.1) is 5.82 Å². The quantitative estimate of drug-likeness (QED) is 0.352. The molecule has 4 heterocycles. The van der Waals surface area contributed by atoms with Gasteiger partial charge in [-0.05, 0) is 39.3 Å². The number of H-pyrrole nitrogens is 1. The zero-order valence-electron chi connectivity index (χ0n) is 22.7. The average Bonchev–Trinajstić information content (AvgIpc) is 3.21. The molecule has 12 heteroatoms. The van der Waals surface area contributed by atoms with Crippen molar-refractivity contribution >= 4 is 35.0 Å². The number of halogens is 2. The lowest BCUT2D eigenvalue weighted by atomic mass is 10.0. The van der Waals surface area contributed by atoms with Crippen molar-refractivity contribution in [1.29, 1.82) is 0 Å². The highest BCUT2D eigenvalue weighted by molar-refractivity contribution is 6.32. The molecule has 0 unspecified atom stereocenters. The Balaban J connectivity index is 1.47. The number of rotatable bonds is 7. The molecule has 1 saturated heterocycles. The normalized spacial score (nSPS) is 16.5. The Bertz CT molecular complexity index is 1450. The molecular formula is C28H31ClFN5O5. The smallest absolute Gasteiger partial charge is 0.410 e. The van der Waals surface area contributed by atoms with Crippen LogP contribution < -0.4 is 20.1 Å². The number of fused-ring (bicyclic) bond motifs is 1. The minimum atomic E-state index is -0.592. The Labute approximate surface area is 236 Å². The second-order valence-corrected chi connectivity index (χ2v) is 11.0. The van der Waals surface area contributed by atoms with Crippen molar-refractivity contribution in [3.63, 3.8) is 0 Å². The van der Waals surface area contributed by atoms with E-state index >= 15 is 0 Å². The fraction of sp³-hybridized carbons (Fsp3) is 0.393. The number of likely N-dealkylation sites (tertiary alicyclic amines) is 1. The predicted octanol–water partition coefficient (Wildman–Crippen LogP) is 5.30. The molecule has 2 aromatic heterocycles. The van der Waals surface area contributed by atoms with E-state index in [9.17, 15) is 14.0 Å². The van der Waals surface area contributed by atoms with Crippen LogP contribution in [0.5, 0.6) is 11.5 Å². The lowest BCUT2D eigenvalue weighted by Crippen LogP contribution is -2.55. The molecular weight excluding hydrogens is 541 g/mol. The van der Waals surface area contributed by atoms with Crippen LogP contribution in [-0.2, 0) is 11.2 Å². The van der Waals surface area contributed by atoms with Gasteiger partial charge in [0.15, 0.2) is 5.75 Å². The molecule has 1 fully saturated rings. The van der Waals surface area contributed by atoms with E-state index in [4.69, 9.17) is 25.8 Å². The van der Waals surface area contributed by atoms with Crippen molar-refractivity contribution in [2.24, 2.45) is 0 Å². The van der Waals surface area contributed by atoms with Gasteiger partial charge in [-0.1, -0.05) is 11.6 Å². The summed E-state index contributed by atoms with van der Waals surface area (Å²) in [5, 5.41) is 6.13. The number of nitrogens with zero attached hydrogens (tertiary/aromatic N) is 2. The highest BCUT2D eigenvalue weighted by Crippen LogP contribution is 2.43. The summed E-state index contributed by atoms with van der Waals surface area (Å²) in [5.41, 5.74) is 2.40. The lowest BCUT2D eigenvalue weighted by molar-refractivity contribution is -0.0141. The molecule has 3 aromatic rings. The Morgan fingerprint density at radius 2 is 2.12 bits per heavy atom. The molecule has 0 saturated carbocycles. The van der Waals surface area contributed by atoms with Gasteiger partial charge < -0.3 is 34.7 Å². The Hall–Kier alpha value is -3.99. The van der Waals surface area contributed by atoms with E-state index in [1.807, 2.05) is 20.8 Å². The molecule has 40 heavy (non-hydrogen) atoms. The van der Waals surface area contributed by atoms with Gasteiger partial charge in [0.1, 0.15) is 23.8 Å². The number of aromatic nitrogens is 2. The molecule has 212 valence electrons. The molecule has 5 rings (SSSR count). The molecule has 0 radical (unpaired) electrons. The largest absolute Gasteiger partial charge is 0.493 e. The van der Waals surface area contributed by atoms with Crippen molar-refractivity contribution in [2.75, 3.05) is 32.1 Å². The number of methoxy groups -OCH3 is 1. The number of aromatic amines is 1. The molecule has 2 aliphatic heterocycles. The number of carbonyl (C=O) groups excluding carboxylic acids is 2. The SMILES string of the molecule is COc1c(Cl)cc(F)cc1Nc1c(-c2ccncc2OC[C@H]2CCN2C(=O)OC(C)(C)C)[nH]c2c1C(=O)NCC2. The number of pyridine rings is 1. The van der Waals surface area contributed by atoms with Gasteiger partial charge in [-0.15, -0.1) is 0 Å². The first kappa shape index (κ1) is 27.6. The van der Waals surface area contributed by atoms with E-state index in [0.717, 1.165) is 18.2 Å². The van der Waals surface area contributed by atoms with Crippen molar-refractivity contribution in [3.8, 4) is 22.8 Å². The molecule has 0 aliphatic carbocycles. The van der Waals surface area contributed by atoms with Crippen molar-refractivity contribution < 1.29 is 28.2 Å². The molecule has 0 bridgehead atoms. The van der Waals surface area contributed by atoms with E-state index in [0.29, 0.717) is 47.8 Å². The number of carbonyl (C=O) groups is 2. The van der Waals surface area contributed by atoms with Gasteiger partial charge in [-0.3, -0.25) is 9.78 Å². The van der Waals surface area contributed by atoms with Crippen molar-refractivity contribution in [1.82, 2.24) is 20.2 Å². The van der Waals surface area contributed by atoms with Crippen LogP contribution in [0.1, 0.15) is 43.2 Å². The maximum Gasteiger partial charge on any atom is 0.410 e. The molecule has 1 atom stereocenters. The minimum Gasteiger partial charge on any atom is -0.493 e. The summed E-state index contributed by atoms with van der Waals surface area (Å²) in [5.74, 6) is -0.151. The Morgan fingerprint density at radius 3 is 2.83 bits per heavy atom. The third-order valence-electron chi connectivity index (χ3n) is 6.69. The fourth-order valence-electron chi connectivity index (χ4n) is 4.76. The van der Waals surface area contributed by atoms with Crippen molar-refractivity contribution in [3.05, 3.63) is 52.7 Å². The Kier molecular flexibility index (Phi) is 7.50. The molecule has 2 aliphatic rings. The number of amides is 2. The number of nitrogens with one attached hydrogen (secondary N) is 3. The third kappa shape index (κ3) is 5.51. The molecule has 2 amide bonds. The summed E-state index contributed by atoms with van der Waals surface area (Å²) in [7, 11) is 1.43. The summed E-state index contributed by atoms with van der Waals surface area (Å²) >= 11 is 6.23. The van der Waals surface area contributed by atoms with Gasteiger partial charge >= 0.3 is 6.09 Å². The van der Waals surface area contributed by atoms with Crippen LogP contribution in [0.2, 0.25) is 5.02 Å². The predicted molar refractivity (Wildman–Crippen MR) is 148 cm³/mol. The molecule has 10 nitrogen and oxygen atoms in total. The monoisotopic (exact) mass is 571 g/mol. The van der Waals surface area contributed by atoms with Crippen LogP contribution in [0.25, 0.3) is 11.3 Å². The summed E-state index contributed by atoms with van der Waals surface area (Å²) in [6, 6.07) is 4.02. The zero-order valence-corrected chi connectivity index (χ0v) is 23.4. The van der Waals surface area contributed by atoms with Crippen LogP contribution in [0.4, 0.5) is 20.6 Å². The first-order chi connectivity index (χ1) is 19.1. The third-order valence-corrected chi connectivity index (χ3v) is 6.98. The van der Waals surface area contributed by atoms with E-state index in [1.54, 1.807) is 23.4 Å². The van der Waals surface area contributed by atoms with E-state index in [-0.39, 0.29) is 41.1 Å². The average molecular weight is 572 g/mol. The van der Waals surface area contributed by atoms with Crippen LogP contribution in [-0.4, -0.2) is 65.3 Å². The van der Waals surface area contributed by atoms with Gasteiger partial charge in [-0.25, -0.2) is 9.18 Å². The minimum absolute atomic E-state index is 0.0865. The first-order valence-electron chi connectivity index (χ1n) is 13.0. The number of benzene rings is 1. The summed E-state index contributed by atoms with van der Waals surface area (Å²) in [4.78, 5) is 34.8. The fourth-order valence-corrected chi connectivity index (χ4v) is 5.05. The van der Waals surface area contributed by atoms with Crippen LogP contribution in [0.15, 0.2) is 30.6 Å². The molecule has 3 N–H and O–H groups in total. The summed E-state index contributed by atoms with van der Waals surface area (Å²) < 4.78 is 31.4. The summed E-state index contributed by atoms with van der Waals surface area (Å²) in [6.45, 7) is 6.78. The zero-order chi connectivity index (χ0) is 28.6. The number of hydrogen-bond donors (Lipinski definition) is 3. The highest BCUT2D eigenvalue weighted by Gasteiger charge is 2.36. The topological polar surface area (TPSA) is 118 Å². The number of ether oxygens (including phenoxy) is 3. The van der Waals surface area contributed by atoms with Gasteiger partial charge in [0, 0.05) is 43.0 Å². The number of anilines is 2. The van der Waals surface area contributed by atoms with E-state index in [2.05, 4.69) is 20.6 Å². The molecule has 0 spiro atoms. The standard InChI is InChI=1S/C28H31ClFN5O5/c1-28(2,3)40-27(37)35-10-7-16(35)14-39-21-13-31-8-5-17(21)23-24(22-19(33-23)6-9-32-26(22)36)34-20-12-15(30)11-18(29)25(20)38-4/h5,8,11-13,16,33-34H,6-7,9-10,14H2,1-4H3,(H,32,36)/t16-/m1/s1. The second kappa shape index (κ2) is 10.9. The van der Waals surface area contributed by atoms with Gasteiger partial charge in [0.25, 0.3) is 5.91 Å². The lowest BCUT2D eigenvalue weighted by Gasteiger charge is -2.41. The maximum atomic E-state index is 14.3. The van der Waals surface area contributed by atoms with Crippen LogP contribution >= 0.6 is 11.6 Å². The Morgan fingerprint density at radius 1 is 1.32 bits per heavy atom. The molecule has 1 aromatic carbocycles. The van der Waals surface area contributed by atoms with E-state index in [1.165, 1.54) is 13.2 Å². The highest BCUT2D eigenvalue weighted by atomic mass is 35.5. The van der Waals surface area contributed by atoms with Gasteiger partial charge in [-0.2, -0.15) is 0 Å². The maximum absolute atomic E-state index is 14.3. The first-order valence-corrected chi connectivity index (χ1v) is 13.3. The number of hydrogen-bond acceptors (Lipinski definition) is 7. The summed E-state index contributed by atoms with van der Waals surface area (Å²) in [6.07, 6.45) is 4.16. The van der Waals surface area contributed by atoms with Gasteiger partial charge in [0.05, 0.1) is 47.0 Å². The van der Waals surface area contributed by atoms with Crippen LogP contribution in [0.3, 0.4) is 0 Å². The van der Waals surface area contributed by atoms with Gasteiger partial charge in [0.2, 0.25) is 0 Å². The second-order valence-electron chi connectivity index (χ2n) is 10.6. The van der Waals surface area contributed by atoms with Crippen molar-refractivity contribution in [2.45, 2.75) is 45.3 Å².